The predicted molar refractivity (Wildman–Crippen MR) is 108 cm³/mol. The van der Waals surface area contributed by atoms with Crippen molar-refractivity contribution in [3.63, 3.8) is 0 Å². The Morgan fingerprint density at radius 2 is 0.757 bits per heavy atom. The van der Waals surface area contributed by atoms with Crippen molar-refractivity contribution in [2.24, 2.45) is 0 Å². The van der Waals surface area contributed by atoms with Crippen molar-refractivity contribution >= 4 is 46.4 Å². The van der Waals surface area contributed by atoms with E-state index in [0.29, 0.717) is 0 Å². The fraction of sp³-hybridized carbons (Fsp3) is 0.158. The molecule has 2 rings (SSSR count). The van der Waals surface area contributed by atoms with Gasteiger partial charge in [0.05, 0.1) is 20.1 Å². The standard InChI is InChI=1S/C19H4Cl4F12O2/c20-7-1-5(2-8(21)11(7)36-15(28)13(24)25)17(18(30,31)32,19(33,34)35)6-3-9(22)12(10(23)4-6)37-16(29)14(26)27/h1-4H. The van der Waals surface area contributed by atoms with Crippen LogP contribution in [-0.2, 0) is 5.41 Å². The highest BCUT2D eigenvalue weighted by Crippen LogP contribution is 2.59. The number of halogens is 16. The lowest BCUT2D eigenvalue weighted by atomic mass is 9.73. The van der Waals surface area contributed by atoms with E-state index in [2.05, 4.69) is 9.47 Å². The zero-order valence-electron chi connectivity index (χ0n) is 16.7. The van der Waals surface area contributed by atoms with Gasteiger partial charge in [0.15, 0.2) is 11.5 Å². The molecule has 0 radical (unpaired) electrons. The Kier molecular flexibility index (Phi) is 9.16. The Morgan fingerprint density at radius 3 is 0.946 bits per heavy atom. The minimum atomic E-state index is -6.32. The molecule has 0 saturated carbocycles. The highest BCUT2D eigenvalue weighted by atomic mass is 35.5. The maximum atomic E-state index is 14.3. The van der Waals surface area contributed by atoms with Crippen LogP contribution < -0.4 is 9.47 Å². The minimum Gasteiger partial charge on any atom is -0.425 e. The Labute approximate surface area is 217 Å². The van der Waals surface area contributed by atoms with E-state index >= 15 is 0 Å². The van der Waals surface area contributed by atoms with Gasteiger partial charge in [-0.05, 0) is 35.4 Å². The molecule has 0 atom stereocenters. The van der Waals surface area contributed by atoms with Gasteiger partial charge in [-0.25, -0.2) is 0 Å². The number of alkyl halides is 6. The number of rotatable bonds is 6. The van der Waals surface area contributed by atoms with E-state index in [1.54, 1.807) is 0 Å². The third-order valence-electron chi connectivity index (χ3n) is 4.39. The molecule has 2 aromatic rings. The quantitative estimate of drug-likeness (QED) is 0.233. The summed E-state index contributed by atoms with van der Waals surface area (Å²) in [5.74, 6) is -2.52. The van der Waals surface area contributed by atoms with Crippen molar-refractivity contribution in [3.8, 4) is 11.5 Å². The monoisotopic (exact) mass is 632 g/mol. The molecular weight excluding hydrogens is 630 g/mol. The summed E-state index contributed by atoms with van der Waals surface area (Å²) in [4.78, 5) is 0. The minimum absolute atomic E-state index is 0.0553. The van der Waals surface area contributed by atoms with Crippen LogP contribution in [-0.4, -0.2) is 12.4 Å². The zero-order valence-corrected chi connectivity index (χ0v) is 19.7. The van der Waals surface area contributed by atoms with Crippen LogP contribution in [0.2, 0.25) is 20.1 Å². The molecule has 2 aromatic carbocycles. The average molecular weight is 634 g/mol. The summed E-state index contributed by atoms with van der Waals surface area (Å²) >= 11 is 22.3. The van der Waals surface area contributed by atoms with E-state index in [4.69, 9.17) is 46.4 Å². The third kappa shape index (κ3) is 5.96. The van der Waals surface area contributed by atoms with E-state index in [1.165, 1.54) is 0 Å². The van der Waals surface area contributed by atoms with Gasteiger partial charge in [-0.3, -0.25) is 0 Å². The van der Waals surface area contributed by atoms with Gasteiger partial charge in [0.2, 0.25) is 5.41 Å². The van der Waals surface area contributed by atoms with Gasteiger partial charge < -0.3 is 9.47 Å². The summed E-state index contributed by atoms with van der Waals surface area (Å²) in [7, 11) is 0. The molecule has 37 heavy (non-hydrogen) atoms. The van der Waals surface area contributed by atoms with Gasteiger partial charge in [-0.1, -0.05) is 46.4 Å². The number of hydrogen-bond acceptors (Lipinski definition) is 2. The van der Waals surface area contributed by atoms with E-state index < -0.39 is 84.7 Å². The Hall–Kier alpha value is -2.16. The number of hydrogen-bond donors (Lipinski definition) is 0. The molecule has 0 aliphatic rings. The van der Waals surface area contributed by atoms with Crippen LogP contribution in [0.3, 0.4) is 0 Å². The van der Waals surface area contributed by atoms with Gasteiger partial charge in [0.25, 0.3) is 0 Å². The molecule has 2 nitrogen and oxygen atoms in total. The Balaban J connectivity index is 2.94. The molecule has 0 amide bonds. The smallest absolute Gasteiger partial charge is 0.411 e. The highest BCUT2D eigenvalue weighted by Gasteiger charge is 2.73. The molecule has 0 aliphatic carbocycles. The van der Waals surface area contributed by atoms with Crippen LogP contribution in [0.1, 0.15) is 11.1 Å². The summed E-state index contributed by atoms with van der Waals surface area (Å²) in [5.41, 5.74) is -8.69. The molecule has 0 spiro atoms. The van der Waals surface area contributed by atoms with Crippen LogP contribution >= 0.6 is 46.4 Å². The molecule has 0 aliphatic heterocycles. The summed E-state index contributed by atoms with van der Waals surface area (Å²) in [6.45, 7) is 0. The molecule has 0 aromatic heterocycles. The van der Waals surface area contributed by atoms with Crippen molar-refractivity contribution in [1.82, 2.24) is 0 Å². The molecule has 204 valence electrons. The van der Waals surface area contributed by atoms with Crippen LogP contribution in [0.5, 0.6) is 11.5 Å². The van der Waals surface area contributed by atoms with Gasteiger partial charge in [0, 0.05) is 0 Å². The third-order valence-corrected chi connectivity index (χ3v) is 5.52. The molecule has 0 unspecified atom stereocenters. The summed E-state index contributed by atoms with van der Waals surface area (Å²) in [5, 5.41) is -5.06. The lowest BCUT2D eigenvalue weighted by Crippen LogP contribution is -2.54. The normalized spacial score (nSPS) is 12.3. The first-order chi connectivity index (χ1) is 16.7. The summed E-state index contributed by atoms with van der Waals surface area (Å²) in [6.07, 6.45) is -18.7. The second kappa shape index (κ2) is 10.9. The van der Waals surface area contributed by atoms with Gasteiger partial charge in [-0.15, -0.1) is 0 Å². The van der Waals surface area contributed by atoms with Crippen LogP contribution in [0.25, 0.3) is 0 Å². The fourth-order valence-electron chi connectivity index (χ4n) is 2.99. The molecule has 0 fully saturated rings. The molecule has 0 saturated heterocycles. The van der Waals surface area contributed by atoms with E-state index in [9.17, 15) is 52.7 Å². The summed E-state index contributed by atoms with van der Waals surface area (Å²) in [6, 6.07) is -5.43. The van der Waals surface area contributed by atoms with Crippen molar-refractivity contribution < 1.29 is 62.2 Å². The Bertz CT molecular complexity index is 1120. The second-order valence-corrected chi connectivity index (χ2v) is 8.18. The molecule has 0 heterocycles. The maximum Gasteiger partial charge on any atom is 0.411 e. The SMILES string of the molecule is FC(F)=C(F)Oc1c(Cl)cc(C(c2cc(Cl)c(OC(F)=C(F)F)c(Cl)c2)(C(F)(F)F)C(F)(F)F)cc1Cl. The lowest BCUT2D eigenvalue weighted by Gasteiger charge is -2.38. The first-order valence-corrected chi connectivity index (χ1v) is 10.2. The zero-order chi connectivity index (χ0) is 28.7. The van der Waals surface area contributed by atoms with E-state index in [1.807, 2.05) is 0 Å². The van der Waals surface area contributed by atoms with Crippen LogP contribution in [0.15, 0.2) is 48.5 Å². The van der Waals surface area contributed by atoms with E-state index in [-0.39, 0.29) is 24.3 Å². The van der Waals surface area contributed by atoms with Crippen molar-refractivity contribution in [2.45, 2.75) is 17.8 Å². The lowest BCUT2D eigenvalue weighted by molar-refractivity contribution is -0.288. The first kappa shape index (κ1) is 31.1. The highest BCUT2D eigenvalue weighted by molar-refractivity contribution is 6.38. The largest absolute Gasteiger partial charge is 0.425 e. The predicted octanol–water partition coefficient (Wildman–Crippen LogP) is 10.5. The van der Waals surface area contributed by atoms with Crippen molar-refractivity contribution in [2.75, 3.05) is 0 Å². The molecular formula is C19H4Cl4F12O2. The number of ether oxygens (including phenoxy) is 2. The second-order valence-electron chi connectivity index (χ2n) is 6.56. The first-order valence-electron chi connectivity index (χ1n) is 8.65. The maximum absolute atomic E-state index is 14.3. The Morgan fingerprint density at radius 1 is 0.514 bits per heavy atom. The van der Waals surface area contributed by atoms with Crippen molar-refractivity contribution in [3.05, 3.63) is 79.7 Å². The van der Waals surface area contributed by atoms with Crippen LogP contribution in [0, 0.1) is 0 Å². The van der Waals surface area contributed by atoms with Crippen LogP contribution in [0.4, 0.5) is 52.7 Å². The van der Waals surface area contributed by atoms with E-state index in [0.717, 1.165) is 0 Å². The number of benzene rings is 2. The fourth-order valence-corrected chi connectivity index (χ4v) is 4.11. The average Bonchev–Trinajstić information content (AvgIpc) is 2.71. The van der Waals surface area contributed by atoms with Crippen molar-refractivity contribution in [1.29, 1.82) is 0 Å². The summed E-state index contributed by atoms with van der Waals surface area (Å²) < 4.78 is 169. The van der Waals surface area contributed by atoms with Gasteiger partial charge in [0.1, 0.15) is 0 Å². The van der Waals surface area contributed by atoms with Gasteiger partial charge in [-0.2, -0.15) is 52.7 Å². The molecule has 0 N–H and O–H groups in total. The topological polar surface area (TPSA) is 18.5 Å². The van der Waals surface area contributed by atoms with Gasteiger partial charge >= 0.3 is 36.5 Å². The molecule has 0 bridgehead atoms. The molecule has 18 heteroatoms.